The van der Waals surface area contributed by atoms with Gasteiger partial charge < -0.3 is 19.9 Å². The highest BCUT2D eigenvalue weighted by Gasteiger charge is 2.21. The lowest BCUT2D eigenvalue weighted by atomic mass is 10.1. The summed E-state index contributed by atoms with van der Waals surface area (Å²) < 4.78 is 5.40. The average molecular weight is 339 g/mol. The maximum Gasteiger partial charge on any atom is 0.219 e. The molecule has 1 amide bonds. The van der Waals surface area contributed by atoms with Crippen LogP contribution in [0.5, 0.6) is 0 Å². The lowest BCUT2D eigenvalue weighted by Crippen LogP contribution is -2.53. The van der Waals surface area contributed by atoms with Crippen molar-refractivity contribution in [3.63, 3.8) is 0 Å². The van der Waals surface area contributed by atoms with E-state index >= 15 is 0 Å². The number of hydrogen-bond acceptors (Lipinski definition) is 4. The molecule has 0 radical (unpaired) electrons. The molecule has 0 aromatic carbocycles. The first-order valence-corrected chi connectivity index (χ1v) is 9.19. The highest BCUT2D eigenvalue weighted by Crippen LogP contribution is 2.06. The van der Waals surface area contributed by atoms with Crippen molar-refractivity contribution in [2.75, 3.05) is 72.1 Å². The summed E-state index contributed by atoms with van der Waals surface area (Å²) in [5.41, 5.74) is 0. The summed E-state index contributed by atoms with van der Waals surface area (Å²) in [6.07, 6.45) is 0. The lowest BCUT2D eigenvalue weighted by molar-refractivity contribution is -0.130. The molecule has 0 aliphatic carbocycles. The van der Waals surface area contributed by atoms with E-state index in [1.807, 2.05) is 4.90 Å². The fourth-order valence-electron chi connectivity index (χ4n) is 3.18. The largest absolute Gasteiger partial charge is 0.379 e. The lowest BCUT2D eigenvalue weighted by Gasteiger charge is -2.36. The third-order valence-corrected chi connectivity index (χ3v) is 4.59. The van der Waals surface area contributed by atoms with Crippen LogP contribution >= 0.6 is 0 Å². The Labute approximate surface area is 146 Å². The summed E-state index contributed by atoms with van der Waals surface area (Å²) in [7, 11) is 0. The predicted octanol–water partition coefficient (Wildman–Crippen LogP) is 0.0843. The summed E-state index contributed by atoms with van der Waals surface area (Å²) in [5.74, 6) is 1.67. The Morgan fingerprint density at radius 2 is 1.75 bits per heavy atom. The van der Waals surface area contributed by atoms with Gasteiger partial charge in [0.25, 0.3) is 0 Å². The van der Waals surface area contributed by atoms with E-state index in [4.69, 9.17) is 9.73 Å². The SMILES string of the molecule is CCNC(=NCC(C)CN1CCOCC1)N1CCN(C(C)=O)CC1. The number of rotatable bonds is 5. The van der Waals surface area contributed by atoms with Crippen molar-refractivity contribution in [1.29, 1.82) is 0 Å². The first-order chi connectivity index (χ1) is 11.6. The number of carbonyl (C=O) groups excluding carboxylic acids is 1. The quantitative estimate of drug-likeness (QED) is 0.568. The predicted molar refractivity (Wildman–Crippen MR) is 96.2 cm³/mol. The Morgan fingerprint density at radius 3 is 2.33 bits per heavy atom. The Balaban J connectivity index is 1.82. The molecule has 2 heterocycles. The third kappa shape index (κ3) is 5.94. The fraction of sp³-hybridized carbons (Fsp3) is 0.882. The van der Waals surface area contributed by atoms with E-state index in [-0.39, 0.29) is 5.91 Å². The molecule has 7 nitrogen and oxygen atoms in total. The molecule has 0 aromatic heterocycles. The summed E-state index contributed by atoms with van der Waals surface area (Å²) in [6.45, 7) is 15.8. The Hall–Kier alpha value is -1.34. The van der Waals surface area contributed by atoms with Crippen molar-refractivity contribution in [3.05, 3.63) is 0 Å². The molecule has 2 fully saturated rings. The average Bonchev–Trinajstić information content (AvgIpc) is 2.59. The number of nitrogens with zero attached hydrogens (tertiary/aromatic N) is 4. The van der Waals surface area contributed by atoms with Crippen LogP contribution in [0.25, 0.3) is 0 Å². The molecule has 7 heteroatoms. The van der Waals surface area contributed by atoms with Crippen LogP contribution in [0, 0.1) is 5.92 Å². The van der Waals surface area contributed by atoms with Crippen LogP contribution in [0.15, 0.2) is 4.99 Å². The second-order valence-corrected chi connectivity index (χ2v) is 6.71. The molecule has 2 aliphatic rings. The van der Waals surface area contributed by atoms with Gasteiger partial charge in [-0.3, -0.25) is 14.7 Å². The Bertz CT molecular complexity index is 415. The van der Waals surface area contributed by atoms with E-state index in [1.165, 1.54) is 0 Å². The minimum absolute atomic E-state index is 0.163. The topological polar surface area (TPSA) is 60.4 Å². The number of aliphatic imine (C=N–C) groups is 1. The van der Waals surface area contributed by atoms with Gasteiger partial charge >= 0.3 is 0 Å². The van der Waals surface area contributed by atoms with Gasteiger partial charge in [-0.15, -0.1) is 0 Å². The molecule has 0 saturated carbocycles. The van der Waals surface area contributed by atoms with E-state index in [0.29, 0.717) is 5.92 Å². The Kier molecular flexibility index (Phi) is 7.78. The van der Waals surface area contributed by atoms with Gasteiger partial charge in [-0.25, -0.2) is 0 Å². The third-order valence-electron chi connectivity index (χ3n) is 4.59. The molecule has 0 spiro atoms. The van der Waals surface area contributed by atoms with E-state index in [1.54, 1.807) is 6.92 Å². The highest BCUT2D eigenvalue weighted by molar-refractivity contribution is 5.80. The molecule has 2 rings (SSSR count). The maximum atomic E-state index is 11.5. The van der Waals surface area contributed by atoms with E-state index in [2.05, 4.69) is 29.0 Å². The van der Waals surface area contributed by atoms with Crippen LogP contribution in [-0.2, 0) is 9.53 Å². The maximum absolute atomic E-state index is 11.5. The van der Waals surface area contributed by atoms with Crippen molar-refractivity contribution in [2.24, 2.45) is 10.9 Å². The number of morpholine rings is 1. The van der Waals surface area contributed by atoms with Crippen molar-refractivity contribution in [2.45, 2.75) is 20.8 Å². The van der Waals surface area contributed by atoms with Crippen LogP contribution in [0.1, 0.15) is 20.8 Å². The van der Waals surface area contributed by atoms with Crippen molar-refractivity contribution >= 4 is 11.9 Å². The second-order valence-electron chi connectivity index (χ2n) is 6.71. The van der Waals surface area contributed by atoms with Gasteiger partial charge in [-0.1, -0.05) is 6.92 Å². The van der Waals surface area contributed by atoms with Crippen LogP contribution in [0.4, 0.5) is 0 Å². The first-order valence-electron chi connectivity index (χ1n) is 9.19. The summed E-state index contributed by atoms with van der Waals surface area (Å²) >= 11 is 0. The molecular weight excluding hydrogens is 306 g/mol. The van der Waals surface area contributed by atoms with Crippen LogP contribution in [0.3, 0.4) is 0 Å². The number of ether oxygens (including phenoxy) is 1. The minimum atomic E-state index is 0.163. The van der Waals surface area contributed by atoms with Gasteiger partial charge in [-0.05, 0) is 12.8 Å². The number of carbonyl (C=O) groups is 1. The fourth-order valence-corrected chi connectivity index (χ4v) is 3.18. The van der Waals surface area contributed by atoms with Gasteiger partial charge in [-0.2, -0.15) is 0 Å². The smallest absolute Gasteiger partial charge is 0.219 e. The zero-order valence-electron chi connectivity index (χ0n) is 15.5. The van der Waals surface area contributed by atoms with Gasteiger partial charge in [0.2, 0.25) is 5.91 Å². The molecular formula is C17H33N5O2. The molecule has 0 aromatic rings. The van der Waals surface area contributed by atoms with Gasteiger partial charge in [0.1, 0.15) is 0 Å². The van der Waals surface area contributed by atoms with Crippen molar-refractivity contribution in [1.82, 2.24) is 20.0 Å². The van der Waals surface area contributed by atoms with Crippen LogP contribution < -0.4 is 5.32 Å². The zero-order valence-corrected chi connectivity index (χ0v) is 15.5. The molecule has 1 N–H and O–H groups in total. The number of amides is 1. The highest BCUT2D eigenvalue weighted by atomic mass is 16.5. The monoisotopic (exact) mass is 339 g/mol. The first kappa shape index (κ1) is 19.0. The van der Waals surface area contributed by atoms with E-state index < -0.39 is 0 Å². The molecule has 2 aliphatic heterocycles. The number of piperazine rings is 1. The Morgan fingerprint density at radius 1 is 1.12 bits per heavy atom. The molecule has 0 bridgehead atoms. The number of hydrogen-bond donors (Lipinski definition) is 1. The molecule has 1 atom stereocenters. The van der Waals surface area contributed by atoms with Crippen LogP contribution in [0.2, 0.25) is 0 Å². The standard InChI is InChI=1S/C17H33N5O2/c1-4-18-17(22-7-5-21(6-8-22)16(3)23)19-13-15(2)14-20-9-11-24-12-10-20/h15H,4-14H2,1-3H3,(H,18,19). The van der Waals surface area contributed by atoms with E-state index in [0.717, 1.165) is 78.1 Å². The van der Waals surface area contributed by atoms with Gasteiger partial charge in [0.05, 0.1) is 13.2 Å². The summed E-state index contributed by atoms with van der Waals surface area (Å²) in [5, 5.41) is 3.39. The van der Waals surface area contributed by atoms with Crippen molar-refractivity contribution < 1.29 is 9.53 Å². The zero-order chi connectivity index (χ0) is 17.4. The molecule has 1 unspecified atom stereocenters. The van der Waals surface area contributed by atoms with Crippen molar-refractivity contribution in [3.8, 4) is 0 Å². The molecule has 2 saturated heterocycles. The van der Waals surface area contributed by atoms with Gasteiger partial charge in [0, 0.05) is 65.8 Å². The summed E-state index contributed by atoms with van der Waals surface area (Å²) in [6, 6.07) is 0. The van der Waals surface area contributed by atoms with E-state index in [9.17, 15) is 4.79 Å². The summed E-state index contributed by atoms with van der Waals surface area (Å²) in [4.78, 5) is 22.9. The second kappa shape index (κ2) is 9.84. The van der Waals surface area contributed by atoms with Crippen LogP contribution in [-0.4, -0.2) is 98.7 Å². The molecule has 24 heavy (non-hydrogen) atoms. The minimum Gasteiger partial charge on any atom is -0.379 e. The number of nitrogens with one attached hydrogen (secondary N) is 1. The number of guanidine groups is 1. The van der Waals surface area contributed by atoms with Gasteiger partial charge in [0.15, 0.2) is 5.96 Å². The normalized spacial score (nSPS) is 21.7. The molecule has 138 valence electrons.